The lowest BCUT2D eigenvalue weighted by Crippen LogP contribution is -2.20. The summed E-state index contributed by atoms with van der Waals surface area (Å²) < 4.78 is 2.11. The van der Waals surface area contributed by atoms with Gasteiger partial charge in [0.15, 0.2) is 5.78 Å². The highest BCUT2D eigenvalue weighted by molar-refractivity contribution is 9.12. The van der Waals surface area contributed by atoms with Crippen molar-refractivity contribution >= 4 is 49.0 Å². The van der Waals surface area contributed by atoms with Gasteiger partial charge < -0.3 is 20.4 Å². The van der Waals surface area contributed by atoms with Gasteiger partial charge in [-0.05, 0) is 81.5 Å². The van der Waals surface area contributed by atoms with E-state index in [0.29, 0.717) is 32.1 Å². The van der Waals surface area contributed by atoms with Gasteiger partial charge in [-0.3, -0.25) is 4.79 Å². The van der Waals surface area contributed by atoms with Gasteiger partial charge in [-0.2, -0.15) is 0 Å². The number of halogens is 2. The molecule has 1 aliphatic carbocycles. The van der Waals surface area contributed by atoms with E-state index >= 15 is 0 Å². The number of carbonyl (C=O) groups is 1. The van der Waals surface area contributed by atoms with E-state index in [0.717, 1.165) is 26.0 Å². The molecule has 30 heavy (non-hydrogen) atoms. The molecule has 0 saturated heterocycles. The van der Waals surface area contributed by atoms with Gasteiger partial charge in [0.05, 0.1) is 25.9 Å². The Hall–Kier alpha value is -0.350. The van der Waals surface area contributed by atoms with Crippen molar-refractivity contribution in [2.45, 2.75) is 63.3 Å². The van der Waals surface area contributed by atoms with Crippen LogP contribution in [0.5, 0.6) is 0 Å². The lowest BCUT2D eigenvalue weighted by atomic mass is 9.89. The number of hydrogen-bond acceptors (Lipinski definition) is 6. The predicted molar refractivity (Wildman–Crippen MR) is 126 cm³/mol. The van der Waals surface area contributed by atoms with E-state index in [-0.39, 0.29) is 17.6 Å². The number of aliphatic hydroxyl groups is 4. The summed E-state index contributed by atoms with van der Waals surface area (Å²) in [4.78, 5) is 11.1. The zero-order chi connectivity index (χ0) is 22.1. The molecule has 0 spiro atoms. The quantitative estimate of drug-likeness (QED) is 0.225. The van der Waals surface area contributed by atoms with E-state index in [2.05, 4.69) is 31.9 Å². The molecule has 1 aromatic rings. The van der Waals surface area contributed by atoms with Crippen LogP contribution in [0, 0.1) is 11.8 Å². The maximum atomic E-state index is 11.1. The molecule has 0 radical (unpaired) electrons. The van der Waals surface area contributed by atoms with Gasteiger partial charge in [-0.15, -0.1) is 11.3 Å². The first-order valence-electron chi connectivity index (χ1n) is 10.3. The van der Waals surface area contributed by atoms with Crippen LogP contribution in [0.15, 0.2) is 37.9 Å². The van der Waals surface area contributed by atoms with Gasteiger partial charge >= 0.3 is 0 Å². The molecule has 2 rings (SSSR count). The Morgan fingerprint density at radius 3 is 2.70 bits per heavy atom. The van der Waals surface area contributed by atoms with Crippen LogP contribution in [0.2, 0.25) is 0 Å². The minimum Gasteiger partial charge on any atom is -0.393 e. The van der Waals surface area contributed by atoms with E-state index in [1.807, 2.05) is 24.3 Å². The second kappa shape index (κ2) is 13.3. The topological polar surface area (TPSA) is 98.0 Å². The molecule has 1 saturated carbocycles. The van der Waals surface area contributed by atoms with E-state index in [4.69, 9.17) is 5.11 Å². The van der Waals surface area contributed by atoms with Crippen LogP contribution in [0.25, 0.3) is 0 Å². The Balaban J connectivity index is 1.82. The fourth-order valence-corrected chi connectivity index (χ4v) is 6.69. The van der Waals surface area contributed by atoms with Crippen LogP contribution in [0.1, 0.15) is 44.1 Å². The molecule has 1 fully saturated rings. The average molecular weight is 566 g/mol. The van der Waals surface area contributed by atoms with Crippen molar-refractivity contribution in [1.29, 1.82) is 0 Å². The summed E-state index contributed by atoms with van der Waals surface area (Å²) in [7, 11) is 0. The standard InChI is InChI=1S/C22H30Br2O5S/c23-21-11-14(22(24)30-21)7-8-15(26)9-10-18-17(19(28)12-20(18)29)6-4-2-1-3-5-16(27)13-25/h2,4,9-11,15,17-20,25-26,28-29H,1,3,5-8,12-13H2/b4-2+,10-9+. The van der Waals surface area contributed by atoms with Gasteiger partial charge in [-0.25, -0.2) is 0 Å². The van der Waals surface area contributed by atoms with Crippen molar-refractivity contribution in [3.8, 4) is 0 Å². The number of carbonyl (C=O) groups excluding carboxylic acids is 1. The van der Waals surface area contributed by atoms with Gasteiger partial charge in [0, 0.05) is 18.8 Å². The first-order chi connectivity index (χ1) is 14.3. The van der Waals surface area contributed by atoms with Crippen LogP contribution < -0.4 is 0 Å². The molecule has 5 atom stereocenters. The van der Waals surface area contributed by atoms with Crippen LogP contribution in [0.3, 0.4) is 0 Å². The molecular weight excluding hydrogens is 536 g/mol. The number of unbranched alkanes of at least 4 members (excludes halogenated alkanes) is 1. The first kappa shape index (κ1) is 25.9. The van der Waals surface area contributed by atoms with Gasteiger partial charge in [0.1, 0.15) is 6.61 Å². The minimum absolute atomic E-state index is 0.0965. The summed E-state index contributed by atoms with van der Waals surface area (Å²) in [6, 6.07) is 2.05. The monoisotopic (exact) mass is 564 g/mol. The summed E-state index contributed by atoms with van der Waals surface area (Å²) in [6.45, 7) is -0.405. The number of Topliss-reactive ketones (excluding diaryl/α,β-unsaturated/α-hetero) is 1. The van der Waals surface area contributed by atoms with Crippen molar-refractivity contribution in [2.24, 2.45) is 11.8 Å². The summed E-state index contributed by atoms with van der Waals surface area (Å²) in [5.74, 6) is -0.446. The number of aliphatic hydroxyl groups excluding tert-OH is 4. The molecule has 1 heterocycles. The Morgan fingerprint density at radius 1 is 1.27 bits per heavy atom. The zero-order valence-electron chi connectivity index (χ0n) is 16.8. The predicted octanol–water partition coefficient (Wildman–Crippen LogP) is 4.16. The third-order valence-corrected chi connectivity index (χ3v) is 7.95. The van der Waals surface area contributed by atoms with E-state index in [1.54, 1.807) is 17.4 Å². The maximum Gasteiger partial charge on any atom is 0.158 e. The van der Waals surface area contributed by atoms with E-state index < -0.39 is 24.9 Å². The van der Waals surface area contributed by atoms with Gasteiger partial charge in [0.25, 0.3) is 0 Å². The maximum absolute atomic E-state index is 11.1. The first-order valence-corrected chi connectivity index (χ1v) is 12.7. The summed E-state index contributed by atoms with van der Waals surface area (Å²) >= 11 is 8.59. The minimum atomic E-state index is -0.619. The molecule has 5 unspecified atom stereocenters. The summed E-state index contributed by atoms with van der Waals surface area (Å²) in [5.41, 5.74) is 1.15. The highest BCUT2D eigenvalue weighted by Gasteiger charge is 2.39. The number of ketones is 1. The fraction of sp³-hybridized carbons (Fsp3) is 0.591. The Kier molecular flexibility index (Phi) is 11.4. The molecule has 8 heteroatoms. The lowest BCUT2D eigenvalue weighted by molar-refractivity contribution is -0.121. The molecule has 0 bridgehead atoms. The zero-order valence-corrected chi connectivity index (χ0v) is 20.8. The van der Waals surface area contributed by atoms with Crippen molar-refractivity contribution < 1.29 is 25.2 Å². The van der Waals surface area contributed by atoms with Crippen molar-refractivity contribution in [3.05, 3.63) is 43.5 Å². The van der Waals surface area contributed by atoms with Crippen LogP contribution >= 0.6 is 43.2 Å². The fourth-order valence-electron chi connectivity index (χ4n) is 3.77. The van der Waals surface area contributed by atoms with E-state index in [1.165, 1.54) is 0 Å². The molecule has 5 nitrogen and oxygen atoms in total. The summed E-state index contributed by atoms with van der Waals surface area (Å²) in [5, 5.41) is 39.7. The van der Waals surface area contributed by atoms with E-state index in [9.17, 15) is 20.1 Å². The molecule has 0 aliphatic heterocycles. The molecule has 0 aromatic carbocycles. The van der Waals surface area contributed by atoms with Crippen molar-refractivity contribution in [3.63, 3.8) is 0 Å². The molecule has 4 N–H and O–H groups in total. The van der Waals surface area contributed by atoms with Gasteiger partial charge in [-0.1, -0.05) is 24.3 Å². The second-order valence-corrected chi connectivity index (χ2v) is 11.5. The van der Waals surface area contributed by atoms with Crippen molar-refractivity contribution in [2.75, 3.05) is 6.61 Å². The largest absolute Gasteiger partial charge is 0.393 e. The smallest absolute Gasteiger partial charge is 0.158 e. The van der Waals surface area contributed by atoms with Crippen LogP contribution in [0.4, 0.5) is 0 Å². The number of allylic oxidation sites excluding steroid dienone is 2. The third-order valence-electron chi connectivity index (χ3n) is 5.49. The highest BCUT2D eigenvalue weighted by Crippen LogP contribution is 2.36. The molecule has 1 aromatic heterocycles. The SMILES string of the molecule is O=C(CO)CCC/C=C/CC1C(O)CC(O)C1/C=C/C(O)CCc1cc(Br)sc1Br. The molecule has 1 aliphatic rings. The van der Waals surface area contributed by atoms with Crippen LogP contribution in [-0.4, -0.2) is 51.1 Å². The lowest BCUT2D eigenvalue weighted by Gasteiger charge is -2.19. The highest BCUT2D eigenvalue weighted by atomic mass is 79.9. The Morgan fingerprint density at radius 2 is 2.03 bits per heavy atom. The number of hydrogen-bond donors (Lipinski definition) is 4. The number of aryl methyl sites for hydroxylation is 1. The van der Waals surface area contributed by atoms with Gasteiger partial charge in [0.2, 0.25) is 0 Å². The number of rotatable bonds is 12. The Bertz CT molecular complexity index is 733. The second-order valence-electron chi connectivity index (χ2n) is 7.75. The third kappa shape index (κ3) is 8.30. The molecule has 168 valence electrons. The molecule has 0 amide bonds. The molecular formula is C22H30Br2O5S. The normalized spacial score (nSPS) is 25.5. The average Bonchev–Trinajstić information content (AvgIpc) is 3.17. The Labute approximate surface area is 198 Å². The van der Waals surface area contributed by atoms with Crippen LogP contribution in [-0.2, 0) is 11.2 Å². The van der Waals surface area contributed by atoms with Crippen molar-refractivity contribution in [1.82, 2.24) is 0 Å². The number of thiophene rings is 1. The summed E-state index contributed by atoms with van der Waals surface area (Å²) in [6.07, 6.45) is 9.84.